The Bertz CT molecular complexity index is 1410. The van der Waals surface area contributed by atoms with E-state index in [1.165, 1.54) is 30.2 Å². The predicted molar refractivity (Wildman–Crippen MR) is 129 cm³/mol. The highest BCUT2D eigenvalue weighted by atomic mass is 32.1. The van der Waals surface area contributed by atoms with Crippen LogP contribution in [-0.4, -0.2) is 39.9 Å². The third-order valence-corrected chi connectivity index (χ3v) is 6.64. The van der Waals surface area contributed by atoms with Crippen LogP contribution in [0.15, 0.2) is 46.6 Å². The molecule has 2 N–H and O–H groups in total. The smallest absolute Gasteiger partial charge is 0.256 e. The van der Waals surface area contributed by atoms with E-state index in [0.29, 0.717) is 28.6 Å². The lowest BCUT2D eigenvalue weighted by Crippen LogP contribution is -2.24. The van der Waals surface area contributed by atoms with Gasteiger partial charge in [0.2, 0.25) is 5.95 Å². The Morgan fingerprint density at radius 1 is 1.12 bits per heavy atom. The van der Waals surface area contributed by atoms with E-state index in [9.17, 15) is 9.59 Å². The van der Waals surface area contributed by atoms with Gasteiger partial charge in [-0.25, -0.2) is 4.98 Å². The van der Waals surface area contributed by atoms with Crippen LogP contribution in [-0.2, 0) is 12.8 Å². The number of H-pyrrole nitrogens is 1. The molecule has 1 aromatic carbocycles. The van der Waals surface area contributed by atoms with Crippen molar-refractivity contribution in [1.82, 2.24) is 19.7 Å². The maximum absolute atomic E-state index is 13.1. The molecule has 34 heavy (non-hydrogen) atoms. The van der Waals surface area contributed by atoms with Crippen LogP contribution >= 0.6 is 11.3 Å². The van der Waals surface area contributed by atoms with E-state index in [1.54, 1.807) is 24.3 Å². The Balaban J connectivity index is 1.55. The normalized spacial score (nSPS) is 12.8. The van der Waals surface area contributed by atoms with Crippen molar-refractivity contribution < 1.29 is 14.3 Å². The second-order valence-corrected chi connectivity index (χ2v) is 8.80. The molecule has 9 nitrogen and oxygen atoms in total. The van der Waals surface area contributed by atoms with E-state index >= 15 is 0 Å². The Hall–Kier alpha value is -3.92. The molecule has 1 amide bonds. The zero-order valence-corrected chi connectivity index (χ0v) is 19.6. The standard InChI is InChI=1S/C24H23N5O4S/c1-32-18-10-9-14(12-19(18)33-2)22(30)26-21-13-17(20-8-5-11-34-20)28-29(21)24-25-16-7-4-3-6-15(16)23(31)27-24/h5,8-13H,3-4,6-7H2,1-2H3,(H,26,30)(H,25,27,31). The van der Waals surface area contributed by atoms with Gasteiger partial charge in [-0.15, -0.1) is 11.3 Å². The molecule has 1 aliphatic carbocycles. The molecule has 0 unspecified atom stereocenters. The van der Waals surface area contributed by atoms with Crippen molar-refractivity contribution in [3.63, 3.8) is 0 Å². The van der Waals surface area contributed by atoms with Crippen molar-refractivity contribution in [2.75, 3.05) is 19.5 Å². The minimum absolute atomic E-state index is 0.162. The van der Waals surface area contributed by atoms with E-state index in [0.717, 1.165) is 41.8 Å². The predicted octanol–water partition coefficient (Wildman–Crippen LogP) is 3.83. The highest BCUT2D eigenvalue weighted by molar-refractivity contribution is 7.13. The third-order valence-electron chi connectivity index (χ3n) is 5.75. The Morgan fingerprint density at radius 3 is 2.71 bits per heavy atom. The number of aromatic nitrogens is 4. The molecule has 0 saturated heterocycles. The van der Waals surface area contributed by atoms with Gasteiger partial charge in [-0.05, 0) is 55.3 Å². The molecule has 0 atom stereocenters. The molecule has 0 fully saturated rings. The lowest BCUT2D eigenvalue weighted by atomic mass is 9.97. The Labute approximate surface area is 199 Å². The van der Waals surface area contributed by atoms with Gasteiger partial charge in [-0.2, -0.15) is 9.78 Å². The summed E-state index contributed by atoms with van der Waals surface area (Å²) in [7, 11) is 3.05. The first-order chi connectivity index (χ1) is 16.6. The maximum Gasteiger partial charge on any atom is 0.256 e. The number of hydrogen-bond donors (Lipinski definition) is 2. The van der Waals surface area contributed by atoms with Gasteiger partial charge in [0.1, 0.15) is 11.5 Å². The molecule has 174 valence electrons. The molecular formula is C24H23N5O4S. The molecule has 0 saturated carbocycles. The molecular weight excluding hydrogens is 454 g/mol. The second kappa shape index (κ2) is 9.14. The van der Waals surface area contributed by atoms with Gasteiger partial charge in [0.05, 0.1) is 24.8 Å². The van der Waals surface area contributed by atoms with E-state index in [-0.39, 0.29) is 17.4 Å². The summed E-state index contributed by atoms with van der Waals surface area (Å²) in [6.07, 6.45) is 3.44. The number of thiophene rings is 1. The number of carbonyl (C=O) groups excluding carboxylic acids is 1. The Morgan fingerprint density at radius 2 is 1.94 bits per heavy atom. The number of ether oxygens (including phenoxy) is 2. The molecule has 4 aromatic rings. The lowest BCUT2D eigenvalue weighted by Gasteiger charge is -2.15. The number of carbonyl (C=O) groups is 1. The van der Waals surface area contributed by atoms with Crippen LogP contribution in [0.4, 0.5) is 5.82 Å². The fourth-order valence-corrected chi connectivity index (χ4v) is 4.71. The zero-order valence-electron chi connectivity index (χ0n) is 18.8. The molecule has 10 heteroatoms. The third kappa shape index (κ3) is 4.08. The van der Waals surface area contributed by atoms with Crippen molar-refractivity contribution in [2.24, 2.45) is 0 Å². The number of amides is 1. The van der Waals surface area contributed by atoms with E-state index in [2.05, 4.69) is 15.4 Å². The monoisotopic (exact) mass is 477 g/mol. The summed E-state index contributed by atoms with van der Waals surface area (Å²) in [5, 5.41) is 9.51. The first-order valence-corrected chi connectivity index (χ1v) is 11.7. The van der Waals surface area contributed by atoms with E-state index < -0.39 is 0 Å². The van der Waals surface area contributed by atoms with Crippen LogP contribution < -0.4 is 20.3 Å². The number of aryl methyl sites for hydroxylation is 1. The van der Waals surface area contributed by atoms with Crippen molar-refractivity contribution in [3.05, 3.63) is 69.0 Å². The van der Waals surface area contributed by atoms with Crippen LogP contribution in [0.25, 0.3) is 16.5 Å². The lowest BCUT2D eigenvalue weighted by molar-refractivity contribution is 0.102. The fourth-order valence-electron chi connectivity index (χ4n) is 4.03. The van der Waals surface area contributed by atoms with E-state index in [1.807, 2.05) is 17.5 Å². The second-order valence-electron chi connectivity index (χ2n) is 7.85. The number of benzene rings is 1. The maximum atomic E-state index is 13.1. The van der Waals surface area contributed by atoms with Crippen LogP contribution in [0, 0.1) is 0 Å². The molecule has 0 aliphatic heterocycles. The van der Waals surface area contributed by atoms with Gasteiger partial charge in [-0.1, -0.05) is 6.07 Å². The van der Waals surface area contributed by atoms with Gasteiger partial charge < -0.3 is 14.8 Å². The summed E-state index contributed by atoms with van der Waals surface area (Å²) in [4.78, 5) is 34.3. The molecule has 0 radical (unpaired) electrons. The van der Waals surface area contributed by atoms with Gasteiger partial charge >= 0.3 is 0 Å². The number of rotatable bonds is 6. The highest BCUT2D eigenvalue weighted by Crippen LogP contribution is 2.30. The number of aromatic amines is 1. The number of anilines is 1. The number of methoxy groups -OCH3 is 2. The number of nitrogens with zero attached hydrogens (tertiary/aromatic N) is 3. The number of nitrogens with one attached hydrogen (secondary N) is 2. The minimum atomic E-state index is -0.361. The molecule has 3 aromatic heterocycles. The average molecular weight is 478 g/mol. The number of fused-ring (bicyclic) bond motifs is 1. The minimum Gasteiger partial charge on any atom is -0.493 e. The molecule has 3 heterocycles. The average Bonchev–Trinajstić information content (AvgIpc) is 3.54. The summed E-state index contributed by atoms with van der Waals surface area (Å²) in [6.45, 7) is 0. The van der Waals surface area contributed by atoms with Crippen molar-refractivity contribution >= 4 is 23.1 Å². The quantitative estimate of drug-likeness (QED) is 0.437. The van der Waals surface area contributed by atoms with Gasteiger partial charge in [0.15, 0.2) is 11.5 Å². The number of hydrogen-bond acceptors (Lipinski definition) is 7. The van der Waals surface area contributed by atoms with Gasteiger partial charge in [0.25, 0.3) is 11.5 Å². The first kappa shape index (κ1) is 21.9. The summed E-state index contributed by atoms with van der Waals surface area (Å²) in [6, 6.07) is 10.6. The summed E-state index contributed by atoms with van der Waals surface area (Å²) in [5.74, 6) is 1.28. The fraction of sp³-hybridized carbons (Fsp3) is 0.250. The van der Waals surface area contributed by atoms with Crippen molar-refractivity contribution in [3.8, 4) is 28.0 Å². The molecule has 0 bridgehead atoms. The topological polar surface area (TPSA) is 111 Å². The van der Waals surface area contributed by atoms with Crippen LogP contribution in [0.1, 0.15) is 34.5 Å². The zero-order chi connectivity index (χ0) is 23.7. The van der Waals surface area contributed by atoms with Gasteiger partial charge in [-0.3, -0.25) is 14.6 Å². The summed E-state index contributed by atoms with van der Waals surface area (Å²) in [5.41, 5.74) is 2.41. The van der Waals surface area contributed by atoms with Crippen molar-refractivity contribution in [1.29, 1.82) is 0 Å². The summed E-state index contributed by atoms with van der Waals surface area (Å²) < 4.78 is 12.1. The highest BCUT2D eigenvalue weighted by Gasteiger charge is 2.21. The van der Waals surface area contributed by atoms with Gasteiger partial charge in [0, 0.05) is 17.2 Å². The van der Waals surface area contributed by atoms with Crippen molar-refractivity contribution in [2.45, 2.75) is 25.7 Å². The first-order valence-electron chi connectivity index (χ1n) is 10.9. The summed E-state index contributed by atoms with van der Waals surface area (Å²) >= 11 is 1.53. The molecule has 5 rings (SSSR count). The van der Waals surface area contributed by atoms with Crippen LogP contribution in [0.2, 0.25) is 0 Å². The molecule has 1 aliphatic rings. The SMILES string of the molecule is COc1ccc(C(=O)Nc2cc(-c3cccs3)nn2-c2nc3c(c(=O)[nH]2)CCCC3)cc1OC. The largest absolute Gasteiger partial charge is 0.493 e. The van der Waals surface area contributed by atoms with E-state index in [4.69, 9.17) is 14.5 Å². The molecule has 0 spiro atoms. The van der Waals surface area contributed by atoms with Crippen LogP contribution in [0.5, 0.6) is 11.5 Å². The van der Waals surface area contributed by atoms with Crippen LogP contribution in [0.3, 0.4) is 0 Å². The Kier molecular flexibility index (Phi) is 5.89.